The monoisotopic (exact) mass is 186 g/mol. The van der Waals surface area contributed by atoms with Crippen LogP contribution < -0.4 is 5.73 Å². The summed E-state index contributed by atoms with van der Waals surface area (Å²) in [5, 5.41) is 0.226. The Kier molecular flexibility index (Phi) is 2.78. The van der Waals surface area contributed by atoms with E-state index in [-0.39, 0.29) is 5.15 Å². The molecule has 2 nitrogen and oxygen atoms in total. The van der Waals surface area contributed by atoms with Crippen LogP contribution in [0.4, 0.5) is 4.39 Å². The molecule has 4 heteroatoms. The van der Waals surface area contributed by atoms with Gasteiger partial charge in [-0.2, -0.15) is 0 Å². The topological polar surface area (TPSA) is 38.9 Å². The van der Waals surface area contributed by atoms with Crippen LogP contribution in [0.15, 0.2) is 24.9 Å². The van der Waals surface area contributed by atoms with Gasteiger partial charge in [-0.25, -0.2) is 9.37 Å². The second-order valence-corrected chi connectivity index (χ2v) is 2.68. The van der Waals surface area contributed by atoms with E-state index in [0.717, 1.165) is 6.20 Å². The molecule has 1 heterocycles. The van der Waals surface area contributed by atoms with Gasteiger partial charge in [0.1, 0.15) is 11.0 Å². The van der Waals surface area contributed by atoms with Crippen molar-refractivity contribution in [1.82, 2.24) is 4.98 Å². The number of halogens is 2. The zero-order valence-electron chi connectivity index (χ0n) is 6.30. The fourth-order valence-electron chi connectivity index (χ4n) is 0.810. The molecule has 0 saturated heterocycles. The van der Waals surface area contributed by atoms with Gasteiger partial charge >= 0.3 is 0 Å². The summed E-state index contributed by atoms with van der Waals surface area (Å²) in [6.45, 7) is 3.45. The minimum atomic E-state index is -0.537. The highest BCUT2D eigenvalue weighted by Gasteiger charge is 2.08. The maximum absolute atomic E-state index is 13.0. The molecule has 0 spiro atoms. The van der Waals surface area contributed by atoms with E-state index in [1.165, 1.54) is 12.1 Å². The van der Waals surface area contributed by atoms with Crippen LogP contribution in [0, 0.1) is 5.82 Å². The summed E-state index contributed by atoms with van der Waals surface area (Å²) in [4.78, 5) is 3.56. The van der Waals surface area contributed by atoms with Gasteiger partial charge in [-0.3, -0.25) is 0 Å². The van der Waals surface area contributed by atoms with Crippen LogP contribution in [0.2, 0.25) is 5.15 Å². The molecule has 0 radical (unpaired) electrons. The largest absolute Gasteiger partial charge is 0.321 e. The Hall–Kier alpha value is -0.930. The lowest BCUT2D eigenvalue weighted by atomic mass is 10.1. The molecule has 1 atom stereocenters. The standard InChI is InChI=1S/C8H8ClFN2/c1-2-7(11)5-3-8(9)12-4-6(5)10/h2-4,7H,1,11H2/t7-/m0/s1. The molecule has 0 aromatic carbocycles. The van der Waals surface area contributed by atoms with Crippen molar-refractivity contribution in [2.45, 2.75) is 6.04 Å². The summed E-state index contributed by atoms with van der Waals surface area (Å²) in [6.07, 6.45) is 2.48. The lowest BCUT2D eigenvalue weighted by Gasteiger charge is -2.06. The number of hydrogen-bond acceptors (Lipinski definition) is 2. The third-order valence-electron chi connectivity index (χ3n) is 1.46. The first-order valence-corrected chi connectivity index (χ1v) is 3.72. The molecule has 0 saturated carbocycles. The van der Waals surface area contributed by atoms with Crippen molar-refractivity contribution >= 4 is 11.6 Å². The van der Waals surface area contributed by atoms with Crippen molar-refractivity contribution in [3.63, 3.8) is 0 Å². The predicted molar refractivity (Wildman–Crippen MR) is 46.3 cm³/mol. The van der Waals surface area contributed by atoms with Gasteiger partial charge in [-0.1, -0.05) is 17.7 Å². The molecule has 0 bridgehead atoms. The molecule has 12 heavy (non-hydrogen) atoms. The maximum Gasteiger partial charge on any atom is 0.146 e. The minimum Gasteiger partial charge on any atom is -0.321 e. The van der Waals surface area contributed by atoms with E-state index in [0.29, 0.717) is 5.56 Å². The van der Waals surface area contributed by atoms with Gasteiger partial charge in [0.15, 0.2) is 0 Å². The normalized spacial score (nSPS) is 12.6. The predicted octanol–water partition coefficient (Wildman–Crippen LogP) is 2.06. The quantitative estimate of drug-likeness (QED) is 0.567. The minimum absolute atomic E-state index is 0.226. The van der Waals surface area contributed by atoms with Crippen molar-refractivity contribution in [2.75, 3.05) is 0 Å². The summed E-state index contributed by atoms with van der Waals surface area (Å²) in [7, 11) is 0. The molecule has 0 aliphatic rings. The number of rotatable bonds is 2. The average molecular weight is 187 g/mol. The first-order valence-electron chi connectivity index (χ1n) is 3.34. The highest BCUT2D eigenvalue weighted by molar-refractivity contribution is 6.29. The van der Waals surface area contributed by atoms with Gasteiger partial charge in [0.25, 0.3) is 0 Å². The smallest absolute Gasteiger partial charge is 0.146 e. The maximum atomic E-state index is 13.0. The number of nitrogens with zero attached hydrogens (tertiary/aromatic N) is 1. The van der Waals surface area contributed by atoms with Gasteiger partial charge < -0.3 is 5.73 Å². The van der Waals surface area contributed by atoms with E-state index >= 15 is 0 Å². The highest BCUT2D eigenvalue weighted by Crippen LogP contribution is 2.17. The molecular weight excluding hydrogens is 179 g/mol. The van der Waals surface area contributed by atoms with Crippen LogP contribution in [-0.4, -0.2) is 4.98 Å². The summed E-state index contributed by atoms with van der Waals surface area (Å²) < 4.78 is 13.0. The van der Waals surface area contributed by atoms with Crippen LogP contribution in [0.1, 0.15) is 11.6 Å². The molecule has 1 rings (SSSR count). The number of hydrogen-bond donors (Lipinski definition) is 1. The molecule has 1 aromatic heterocycles. The van der Waals surface area contributed by atoms with Crippen molar-refractivity contribution < 1.29 is 4.39 Å². The van der Waals surface area contributed by atoms with Gasteiger partial charge in [0.2, 0.25) is 0 Å². The molecule has 0 aliphatic carbocycles. The lowest BCUT2D eigenvalue weighted by molar-refractivity contribution is 0.596. The summed E-state index contributed by atoms with van der Waals surface area (Å²) in [5.41, 5.74) is 5.83. The van der Waals surface area contributed by atoms with Crippen molar-refractivity contribution in [3.05, 3.63) is 41.5 Å². The Labute approximate surface area is 74.9 Å². The summed E-state index contributed by atoms with van der Waals surface area (Å²) in [5.74, 6) is -0.466. The zero-order chi connectivity index (χ0) is 9.14. The zero-order valence-corrected chi connectivity index (χ0v) is 7.05. The highest BCUT2D eigenvalue weighted by atomic mass is 35.5. The first-order chi connectivity index (χ1) is 5.65. The second-order valence-electron chi connectivity index (χ2n) is 2.29. The number of aromatic nitrogens is 1. The Balaban J connectivity index is 3.12. The molecule has 2 N–H and O–H groups in total. The molecule has 0 unspecified atom stereocenters. The summed E-state index contributed by atoms with van der Waals surface area (Å²) >= 11 is 5.55. The molecule has 64 valence electrons. The Morgan fingerprint density at radius 2 is 2.42 bits per heavy atom. The van der Waals surface area contributed by atoms with Crippen LogP contribution in [-0.2, 0) is 0 Å². The fourth-order valence-corrected chi connectivity index (χ4v) is 0.976. The Bertz CT molecular complexity index is 301. The van der Waals surface area contributed by atoms with E-state index in [2.05, 4.69) is 11.6 Å². The Morgan fingerprint density at radius 1 is 1.75 bits per heavy atom. The van der Waals surface area contributed by atoms with Crippen molar-refractivity contribution in [2.24, 2.45) is 5.73 Å². The van der Waals surface area contributed by atoms with Crippen molar-refractivity contribution in [3.8, 4) is 0 Å². The van der Waals surface area contributed by atoms with Gasteiger partial charge in [0, 0.05) is 5.56 Å². The van der Waals surface area contributed by atoms with Crippen LogP contribution >= 0.6 is 11.6 Å². The third-order valence-corrected chi connectivity index (χ3v) is 1.67. The molecule has 0 aliphatic heterocycles. The molecule has 0 amide bonds. The number of nitrogens with two attached hydrogens (primary N) is 1. The third kappa shape index (κ3) is 1.81. The van der Waals surface area contributed by atoms with E-state index in [1.54, 1.807) is 0 Å². The lowest BCUT2D eigenvalue weighted by Crippen LogP contribution is -2.09. The van der Waals surface area contributed by atoms with Gasteiger partial charge in [-0.05, 0) is 6.07 Å². The van der Waals surface area contributed by atoms with Gasteiger partial charge in [-0.15, -0.1) is 6.58 Å². The SMILES string of the molecule is C=C[C@H](N)c1cc(Cl)ncc1F. The van der Waals surface area contributed by atoms with Crippen LogP contribution in [0.25, 0.3) is 0 Å². The molecular formula is C8H8ClFN2. The van der Waals surface area contributed by atoms with Crippen molar-refractivity contribution in [1.29, 1.82) is 0 Å². The van der Waals surface area contributed by atoms with E-state index in [1.807, 2.05) is 0 Å². The van der Waals surface area contributed by atoms with E-state index < -0.39 is 11.9 Å². The van der Waals surface area contributed by atoms with E-state index in [9.17, 15) is 4.39 Å². The molecule has 0 fully saturated rings. The molecule has 1 aromatic rings. The first kappa shape index (κ1) is 9.16. The Morgan fingerprint density at radius 3 is 3.00 bits per heavy atom. The van der Waals surface area contributed by atoms with Crippen LogP contribution in [0.5, 0.6) is 0 Å². The average Bonchev–Trinajstić information content (AvgIpc) is 2.08. The fraction of sp³-hybridized carbons (Fsp3) is 0.125. The van der Waals surface area contributed by atoms with Crippen LogP contribution in [0.3, 0.4) is 0 Å². The van der Waals surface area contributed by atoms with E-state index in [4.69, 9.17) is 17.3 Å². The second kappa shape index (κ2) is 3.65. The summed E-state index contributed by atoms with van der Waals surface area (Å²) in [6, 6.07) is 0.856. The van der Waals surface area contributed by atoms with Gasteiger partial charge in [0.05, 0.1) is 12.2 Å². The number of pyridine rings is 1.